The Kier molecular flexibility index (Phi) is 5.61. The Morgan fingerprint density at radius 2 is 1.63 bits per heavy atom. The van der Waals surface area contributed by atoms with E-state index in [1.807, 2.05) is 91.9 Å². The first-order valence-corrected chi connectivity index (χ1v) is 9.80. The van der Waals surface area contributed by atoms with Gasteiger partial charge in [-0.15, -0.1) is 0 Å². The number of hydrogen-bond donors (Lipinski definition) is 2. The molecule has 0 saturated heterocycles. The van der Waals surface area contributed by atoms with Crippen molar-refractivity contribution >= 4 is 5.91 Å². The molecular formula is C25H23N3O2. The smallest absolute Gasteiger partial charge is 0.251 e. The summed E-state index contributed by atoms with van der Waals surface area (Å²) in [6.07, 6.45) is 0. The second-order valence-electron chi connectivity index (χ2n) is 7.08. The summed E-state index contributed by atoms with van der Waals surface area (Å²) in [4.78, 5) is 12.6. The fraction of sp³-hybridized carbons (Fsp3) is 0.120. The molecule has 1 atom stereocenters. The number of aromatic amines is 1. The van der Waals surface area contributed by atoms with Crippen molar-refractivity contribution in [2.24, 2.45) is 0 Å². The maximum atomic E-state index is 12.6. The number of rotatable bonds is 6. The molecule has 4 aromatic rings. The molecular weight excluding hydrogens is 374 g/mol. The van der Waals surface area contributed by atoms with E-state index in [9.17, 15) is 4.79 Å². The highest BCUT2D eigenvalue weighted by Crippen LogP contribution is 2.24. The lowest BCUT2D eigenvalue weighted by Gasteiger charge is -2.15. The van der Waals surface area contributed by atoms with Crippen LogP contribution in [-0.2, 0) is 0 Å². The summed E-state index contributed by atoms with van der Waals surface area (Å²) in [5.41, 5.74) is 5.47. The molecule has 5 nitrogen and oxygen atoms in total. The van der Waals surface area contributed by atoms with Crippen molar-refractivity contribution in [2.45, 2.75) is 13.0 Å². The molecule has 150 valence electrons. The van der Waals surface area contributed by atoms with Crippen LogP contribution in [0.2, 0.25) is 0 Å². The van der Waals surface area contributed by atoms with Gasteiger partial charge in [0.15, 0.2) is 0 Å². The van der Waals surface area contributed by atoms with Crippen molar-refractivity contribution in [3.8, 4) is 28.3 Å². The number of nitrogens with one attached hydrogen (secondary N) is 2. The van der Waals surface area contributed by atoms with Gasteiger partial charge in [-0.1, -0.05) is 54.6 Å². The number of ether oxygens (including phenoxy) is 1. The highest BCUT2D eigenvalue weighted by Gasteiger charge is 2.12. The molecule has 1 aromatic heterocycles. The number of carbonyl (C=O) groups excluding carboxylic acids is 1. The minimum absolute atomic E-state index is 0.107. The largest absolute Gasteiger partial charge is 0.497 e. The third-order valence-electron chi connectivity index (χ3n) is 5.07. The molecule has 0 spiro atoms. The molecule has 3 aromatic carbocycles. The van der Waals surface area contributed by atoms with Crippen LogP contribution < -0.4 is 10.1 Å². The van der Waals surface area contributed by atoms with E-state index in [0.717, 1.165) is 33.8 Å². The Morgan fingerprint density at radius 3 is 2.30 bits per heavy atom. The van der Waals surface area contributed by atoms with Crippen LogP contribution in [0.5, 0.6) is 5.75 Å². The molecule has 0 saturated carbocycles. The van der Waals surface area contributed by atoms with Crippen LogP contribution in [0, 0.1) is 0 Å². The number of carbonyl (C=O) groups is 1. The van der Waals surface area contributed by atoms with Crippen molar-refractivity contribution in [3.63, 3.8) is 0 Å². The number of nitrogens with zero attached hydrogens (tertiary/aromatic N) is 1. The van der Waals surface area contributed by atoms with Crippen molar-refractivity contribution < 1.29 is 9.53 Å². The summed E-state index contributed by atoms with van der Waals surface area (Å²) >= 11 is 0. The van der Waals surface area contributed by atoms with Crippen molar-refractivity contribution in [2.75, 3.05) is 7.11 Å². The quantitative estimate of drug-likeness (QED) is 0.467. The van der Waals surface area contributed by atoms with E-state index < -0.39 is 0 Å². The first-order chi connectivity index (χ1) is 14.6. The van der Waals surface area contributed by atoms with E-state index in [1.54, 1.807) is 7.11 Å². The topological polar surface area (TPSA) is 67.0 Å². The predicted octanol–water partition coefficient (Wildman–Crippen LogP) is 5.24. The molecule has 0 unspecified atom stereocenters. The van der Waals surface area contributed by atoms with Gasteiger partial charge in [-0.2, -0.15) is 5.10 Å². The van der Waals surface area contributed by atoms with Gasteiger partial charge in [0, 0.05) is 11.1 Å². The summed E-state index contributed by atoms with van der Waals surface area (Å²) in [7, 11) is 1.63. The number of H-pyrrole nitrogens is 1. The van der Waals surface area contributed by atoms with E-state index in [2.05, 4.69) is 15.5 Å². The van der Waals surface area contributed by atoms with Gasteiger partial charge < -0.3 is 10.1 Å². The van der Waals surface area contributed by atoms with Crippen LogP contribution >= 0.6 is 0 Å². The molecule has 1 amide bonds. The highest BCUT2D eigenvalue weighted by atomic mass is 16.5. The Morgan fingerprint density at radius 1 is 0.933 bits per heavy atom. The lowest BCUT2D eigenvalue weighted by molar-refractivity contribution is 0.0940. The number of methoxy groups -OCH3 is 1. The normalized spacial score (nSPS) is 11.7. The van der Waals surface area contributed by atoms with Gasteiger partial charge in [0.2, 0.25) is 0 Å². The van der Waals surface area contributed by atoms with Gasteiger partial charge in [0.05, 0.1) is 24.5 Å². The second-order valence-corrected chi connectivity index (χ2v) is 7.08. The van der Waals surface area contributed by atoms with E-state index >= 15 is 0 Å². The standard InChI is InChI=1S/C25H23N3O2/c1-17(18-12-14-22(30-2)15-13-18)26-25(29)21-10-8-20(9-11-21)24-16-23(27-28-24)19-6-4-3-5-7-19/h3-17H,1-2H3,(H,26,29)(H,27,28)/t17-/m0/s1. The predicted molar refractivity (Wildman–Crippen MR) is 118 cm³/mol. The van der Waals surface area contributed by atoms with E-state index in [-0.39, 0.29) is 11.9 Å². The number of hydrogen-bond acceptors (Lipinski definition) is 3. The summed E-state index contributed by atoms with van der Waals surface area (Å²) in [6, 6.07) is 27.1. The number of amides is 1. The molecule has 4 rings (SSSR count). The molecule has 0 aliphatic rings. The van der Waals surface area contributed by atoms with Crippen molar-refractivity contribution in [3.05, 3.63) is 96.1 Å². The average Bonchev–Trinajstić information content (AvgIpc) is 3.30. The summed E-state index contributed by atoms with van der Waals surface area (Å²) in [5.74, 6) is 0.682. The summed E-state index contributed by atoms with van der Waals surface area (Å²) in [6.45, 7) is 1.96. The fourth-order valence-corrected chi connectivity index (χ4v) is 3.28. The molecule has 2 N–H and O–H groups in total. The molecule has 0 fully saturated rings. The second kappa shape index (κ2) is 8.66. The zero-order chi connectivity index (χ0) is 20.9. The molecule has 30 heavy (non-hydrogen) atoms. The maximum absolute atomic E-state index is 12.6. The lowest BCUT2D eigenvalue weighted by atomic mass is 10.1. The molecule has 0 aliphatic carbocycles. The molecule has 5 heteroatoms. The molecule has 0 bridgehead atoms. The first kappa shape index (κ1) is 19.5. The van der Waals surface area contributed by atoms with Gasteiger partial charge in [-0.05, 0) is 48.4 Å². The van der Waals surface area contributed by atoms with Crippen LogP contribution in [0.4, 0.5) is 0 Å². The van der Waals surface area contributed by atoms with Crippen molar-refractivity contribution in [1.82, 2.24) is 15.5 Å². The van der Waals surface area contributed by atoms with Crippen LogP contribution in [0.15, 0.2) is 84.9 Å². The van der Waals surface area contributed by atoms with Crippen LogP contribution in [0.3, 0.4) is 0 Å². The van der Waals surface area contributed by atoms with Gasteiger partial charge in [-0.3, -0.25) is 9.89 Å². The zero-order valence-corrected chi connectivity index (χ0v) is 16.9. The molecule has 0 aliphatic heterocycles. The molecule has 0 radical (unpaired) electrons. The monoisotopic (exact) mass is 397 g/mol. The average molecular weight is 397 g/mol. The third-order valence-corrected chi connectivity index (χ3v) is 5.07. The van der Waals surface area contributed by atoms with Gasteiger partial charge in [0.25, 0.3) is 5.91 Å². The minimum Gasteiger partial charge on any atom is -0.497 e. The van der Waals surface area contributed by atoms with E-state index in [1.165, 1.54) is 0 Å². The van der Waals surface area contributed by atoms with Crippen LogP contribution in [0.25, 0.3) is 22.5 Å². The Bertz CT molecular complexity index is 1120. The van der Waals surface area contributed by atoms with Gasteiger partial charge >= 0.3 is 0 Å². The summed E-state index contributed by atoms with van der Waals surface area (Å²) < 4.78 is 5.18. The van der Waals surface area contributed by atoms with Crippen LogP contribution in [-0.4, -0.2) is 23.2 Å². The lowest BCUT2D eigenvalue weighted by Crippen LogP contribution is -2.26. The number of benzene rings is 3. The van der Waals surface area contributed by atoms with E-state index in [4.69, 9.17) is 4.74 Å². The zero-order valence-electron chi connectivity index (χ0n) is 16.9. The van der Waals surface area contributed by atoms with Gasteiger partial charge in [-0.25, -0.2) is 0 Å². The maximum Gasteiger partial charge on any atom is 0.251 e. The molecule has 1 heterocycles. The Hall–Kier alpha value is -3.86. The Labute approximate surface area is 175 Å². The van der Waals surface area contributed by atoms with Gasteiger partial charge in [0.1, 0.15) is 5.75 Å². The van der Waals surface area contributed by atoms with Crippen LogP contribution in [0.1, 0.15) is 28.9 Å². The first-order valence-electron chi connectivity index (χ1n) is 9.80. The Balaban J connectivity index is 1.44. The van der Waals surface area contributed by atoms with Crippen molar-refractivity contribution in [1.29, 1.82) is 0 Å². The number of aromatic nitrogens is 2. The van der Waals surface area contributed by atoms with E-state index in [0.29, 0.717) is 5.56 Å². The third kappa shape index (κ3) is 4.25. The summed E-state index contributed by atoms with van der Waals surface area (Å²) in [5, 5.41) is 10.5. The highest BCUT2D eigenvalue weighted by molar-refractivity contribution is 5.94. The fourth-order valence-electron chi connectivity index (χ4n) is 3.28. The minimum atomic E-state index is -0.112. The SMILES string of the molecule is COc1ccc([C@H](C)NC(=O)c2ccc(-c3cc(-c4ccccc4)n[nH]3)cc2)cc1.